The van der Waals surface area contributed by atoms with Gasteiger partial charge in [0.1, 0.15) is 79.8 Å². The summed E-state index contributed by atoms with van der Waals surface area (Å²) in [5.41, 5.74) is 19.2. The number of nitrogens with zero attached hydrogens (tertiary/aromatic N) is 32. The lowest BCUT2D eigenvalue weighted by Gasteiger charge is -2.13. The summed E-state index contributed by atoms with van der Waals surface area (Å²) >= 11 is 0. The third-order valence-electron chi connectivity index (χ3n) is 17.0. The summed E-state index contributed by atoms with van der Waals surface area (Å²) in [6.45, 7) is -1.37. The molecule has 0 spiro atoms. The second kappa shape index (κ2) is 28.8. The van der Waals surface area contributed by atoms with Gasteiger partial charge in [-0.2, -0.15) is 23.7 Å². The van der Waals surface area contributed by atoms with E-state index in [9.17, 15) is 39.9 Å². The Kier molecular flexibility index (Phi) is 19.1. The van der Waals surface area contributed by atoms with Crippen LogP contribution in [0.2, 0.25) is 0 Å². The zero-order chi connectivity index (χ0) is 71.9. The standard InChI is InChI=1S/3C10H11N7O4.2C10H11N7O3/c18-2-5-4(19)1-6(21-5)16-3-11-7-8(20)12-10-13-14-15-17(10)9(7)16;18-2-5-4(19)1-6(21-5)16-3-11-7-8(16)12-10-13-14-15-17(10)9(7)20;11-16-15-10-13-8-7(9(20)14-10)12-3-17(8)6-1-4(19)5(2-18)21-6;18-2-6-5(19)1-7(20-6)16-3-11-8-9(16)12-4-17-10(8)13-14-15-17;11-16-15-9-8-10(13-3-12-9)17(4-14-8)7-1-5(19)6(2-18)20-7/h3-6,18-19H,1-2H2,(H,12,13,15,20);3-6,18-19H,1-2H2,(H,12,13,15);3-6,18-19H,1-2H2,(H,13,14,20);2*3-7,18-19H,1-2H2/t3*4?,5-,6-;2*5?,6-,7-/m11111/s1. The number of hydrogen-bond acceptors (Lipinski definition) is 38. The number of aromatic nitrogens is 29. The molecule has 0 bridgehead atoms. The van der Waals surface area contributed by atoms with Crippen molar-refractivity contribution in [2.24, 2.45) is 10.2 Å². The predicted octanol–water partition coefficient (Wildman–Crippen LogP) is -5.77. The summed E-state index contributed by atoms with van der Waals surface area (Å²) in [6.07, 6.45) is 1.73. The number of aromatic amines is 3. The molecule has 0 aliphatic carbocycles. The zero-order valence-corrected chi connectivity index (χ0v) is 52.3. The Morgan fingerprint density at radius 3 is 1.49 bits per heavy atom. The van der Waals surface area contributed by atoms with Crippen LogP contribution in [-0.4, -0.2) is 288 Å². The first-order chi connectivity index (χ1) is 50.0. The van der Waals surface area contributed by atoms with Gasteiger partial charge in [-0.3, -0.25) is 42.2 Å². The van der Waals surface area contributed by atoms with E-state index in [-0.39, 0.29) is 97.8 Å². The van der Waals surface area contributed by atoms with E-state index in [1.165, 1.54) is 51.6 Å². The monoisotopic (exact) mass is 1430 g/mol. The number of nitrogens with one attached hydrogen (secondary N) is 3. The molecule has 0 radical (unpaired) electrons. The highest BCUT2D eigenvalue weighted by Crippen LogP contribution is 2.36. The Morgan fingerprint density at radius 1 is 0.476 bits per heavy atom. The third-order valence-corrected chi connectivity index (χ3v) is 17.0. The largest absolute Gasteiger partial charge is 0.394 e. The maximum atomic E-state index is 12.2. The molecule has 5 aliphatic rings. The van der Waals surface area contributed by atoms with Gasteiger partial charge in [0.25, 0.3) is 22.7 Å². The van der Waals surface area contributed by atoms with E-state index in [2.05, 4.69) is 126 Å². The van der Waals surface area contributed by atoms with Gasteiger partial charge in [0.05, 0.1) is 95.2 Å². The average molecular weight is 1430 g/mol. The molecule has 13 aromatic rings. The fraction of sp³-hybridized carbons (Fsp3) is 0.500. The molecule has 13 N–H and O–H groups in total. The molecule has 53 heteroatoms. The molecule has 53 nitrogen and oxygen atoms in total. The van der Waals surface area contributed by atoms with Crippen LogP contribution in [0.5, 0.6) is 0 Å². The predicted molar refractivity (Wildman–Crippen MR) is 330 cm³/mol. The lowest BCUT2D eigenvalue weighted by atomic mass is 10.2. The lowest BCUT2D eigenvalue weighted by Crippen LogP contribution is -2.24. The highest BCUT2D eigenvalue weighted by Gasteiger charge is 2.40. The van der Waals surface area contributed by atoms with Crippen LogP contribution in [-0.2, 0) is 23.7 Å². The van der Waals surface area contributed by atoms with Crippen LogP contribution in [0.3, 0.4) is 0 Å². The van der Waals surface area contributed by atoms with E-state index in [1.54, 1.807) is 24.6 Å². The first kappa shape index (κ1) is 68.5. The number of aliphatic hydroxyl groups excluding tert-OH is 10. The molecule has 5 unspecified atom stereocenters. The minimum absolute atomic E-state index is 0.0671. The summed E-state index contributed by atoms with van der Waals surface area (Å²) < 4.78 is 39.5. The number of imidazole rings is 5. The topological polar surface area (TPSA) is 714 Å². The Bertz CT molecular complexity index is 5510. The van der Waals surface area contributed by atoms with Gasteiger partial charge in [-0.1, -0.05) is 10.2 Å². The van der Waals surface area contributed by atoms with Gasteiger partial charge >= 0.3 is 5.56 Å². The molecule has 103 heavy (non-hydrogen) atoms. The van der Waals surface area contributed by atoms with Crippen molar-refractivity contribution in [2.45, 2.75) is 124 Å². The van der Waals surface area contributed by atoms with Gasteiger partial charge in [-0.25, -0.2) is 44.9 Å². The molecule has 18 rings (SSSR count). The average Bonchev–Trinajstić information content (AvgIpc) is 1.64. The van der Waals surface area contributed by atoms with Gasteiger partial charge < -0.3 is 79.7 Å². The van der Waals surface area contributed by atoms with Crippen molar-refractivity contribution in [3.63, 3.8) is 0 Å². The Hall–Kier alpha value is -11.6. The number of fused-ring (bicyclic) bond motifs is 10. The lowest BCUT2D eigenvalue weighted by molar-refractivity contribution is -0.0433. The molecule has 5 fully saturated rings. The summed E-state index contributed by atoms with van der Waals surface area (Å²) in [6, 6.07) is 0. The van der Waals surface area contributed by atoms with Gasteiger partial charge in [0, 0.05) is 41.9 Å². The van der Waals surface area contributed by atoms with Crippen molar-refractivity contribution in [1.29, 1.82) is 0 Å². The maximum Gasteiger partial charge on any atom is 0.303 e. The van der Waals surface area contributed by atoms with Crippen molar-refractivity contribution >= 4 is 84.8 Å². The SMILES string of the molecule is O=c1[nH]c2nnnn2c2c1ncn2[C@H]1CC(O)[C@@H](CO)O1.O=c1c2ncn([C@H]3CC(O)[C@@H](CO)O3)c2nc2nn[nH]n12.OC[C@H]1O[C@@H](n2cnc3c2ncn2nnnc32)CC1O.[N-]=[N+]=Nc1nc2c(ncn2[C@H]2CC(O)[C@@H](CO)O2)c(=O)[nH]1.[N-]=[N+]=Nc1ncnc2c1ncn2[C@H]1CC(O)[C@@H](CO)O1. The molecule has 5 saturated heterocycles. The molecule has 15 atom stereocenters. The van der Waals surface area contributed by atoms with Crippen molar-refractivity contribution in [3.05, 3.63) is 96.2 Å². The molecule has 13 aromatic heterocycles. The highest BCUT2D eigenvalue weighted by atomic mass is 16.6. The van der Waals surface area contributed by atoms with E-state index < -0.39 is 109 Å². The second-order valence-corrected chi connectivity index (χ2v) is 23.1. The molecule has 0 saturated carbocycles. The summed E-state index contributed by atoms with van der Waals surface area (Å²) in [5, 5.41) is 133. The van der Waals surface area contributed by atoms with Crippen LogP contribution in [0.25, 0.3) is 93.9 Å². The van der Waals surface area contributed by atoms with Crippen molar-refractivity contribution in [3.8, 4) is 0 Å². The van der Waals surface area contributed by atoms with Crippen LogP contribution in [0, 0.1) is 0 Å². The summed E-state index contributed by atoms with van der Waals surface area (Å²) in [5.74, 6) is 0.250. The van der Waals surface area contributed by atoms with Crippen molar-refractivity contribution < 1.29 is 74.7 Å². The summed E-state index contributed by atoms with van der Waals surface area (Å²) in [7, 11) is 0. The van der Waals surface area contributed by atoms with Gasteiger partial charge in [0.2, 0.25) is 5.65 Å². The second-order valence-electron chi connectivity index (χ2n) is 23.1. The Morgan fingerprint density at radius 2 is 0.942 bits per heavy atom. The highest BCUT2D eigenvalue weighted by molar-refractivity contribution is 5.84. The van der Waals surface area contributed by atoms with Crippen LogP contribution in [0.4, 0.5) is 11.8 Å². The van der Waals surface area contributed by atoms with Crippen LogP contribution in [0.1, 0.15) is 63.2 Å². The molecular formula is C50H55N35O18. The summed E-state index contributed by atoms with van der Waals surface area (Å²) in [4.78, 5) is 86.7. The van der Waals surface area contributed by atoms with Crippen LogP contribution >= 0.6 is 0 Å². The van der Waals surface area contributed by atoms with Crippen LogP contribution in [0.15, 0.2) is 68.9 Å². The molecule has 0 amide bonds. The number of azide groups is 2. The number of hydrogen-bond donors (Lipinski definition) is 13. The molecule has 5 aliphatic heterocycles. The van der Waals surface area contributed by atoms with E-state index in [4.69, 9.17) is 60.3 Å². The molecular weight excluding hydrogens is 1380 g/mol. The Labute approximate surface area is 564 Å². The van der Waals surface area contributed by atoms with Crippen molar-refractivity contribution in [2.75, 3.05) is 33.0 Å². The van der Waals surface area contributed by atoms with Gasteiger partial charge in [-0.15, -0.1) is 5.10 Å². The van der Waals surface area contributed by atoms with E-state index in [1.807, 2.05) is 0 Å². The van der Waals surface area contributed by atoms with E-state index >= 15 is 0 Å². The number of ether oxygens (including phenoxy) is 5. The quantitative estimate of drug-likeness (QED) is 0.0308. The van der Waals surface area contributed by atoms with Crippen LogP contribution < -0.4 is 16.7 Å². The van der Waals surface area contributed by atoms with Gasteiger partial charge in [0.15, 0.2) is 62.1 Å². The zero-order valence-electron chi connectivity index (χ0n) is 52.3. The third kappa shape index (κ3) is 12.8. The first-order valence-electron chi connectivity index (χ1n) is 30.7. The van der Waals surface area contributed by atoms with E-state index in [0.29, 0.717) is 52.1 Å². The molecule has 18 heterocycles. The minimum Gasteiger partial charge on any atom is -0.394 e. The first-order valence-corrected chi connectivity index (χ1v) is 30.7. The Balaban J connectivity index is 0.000000109. The number of tetrazole rings is 3. The fourth-order valence-corrected chi connectivity index (χ4v) is 12.0. The maximum absolute atomic E-state index is 12.2. The molecule has 538 valence electrons. The van der Waals surface area contributed by atoms with Gasteiger partial charge in [-0.05, 0) is 47.4 Å². The number of aliphatic hydroxyl groups is 10. The van der Waals surface area contributed by atoms with E-state index in [0.717, 1.165) is 4.52 Å². The van der Waals surface area contributed by atoms with Crippen molar-refractivity contribution in [1.82, 2.24) is 143 Å². The fourth-order valence-electron chi connectivity index (χ4n) is 12.0. The minimum atomic E-state index is -0.823. The normalized spacial score (nSPS) is 26.0. The number of H-pyrrole nitrogens is 3. The molecule has 0 aromatic carbocycles. The smallest absolute Gasteiger partial charge is 0.303 e. The number of rotatable bonds is 12.